The van der Waals surface area contributed by atoms with E-state index < -0.39 is 6.03 Å². The molecule has 2 aliphatic rings. The molecule has 1 saturated heterocycles. The Morgan fingerprint density at radius 2 is 1.68 bits per heavy atom. The van der Waals surface area contributed by atoms with Crippen molar-refractivity contribution in [1.29, 1.82) is 0 Å². The summed E-state index contributed by atoms with van der Waals surface area (Å²) in [5.74, 6) is 1.67. The fraction of sp³-hybridized carbons (Fsp3) is 0.333. The molecule has 41 heavy (non-hydrogen) atoms. The van der Waals surface area contributed by atoms with Crippen LogP contribution in [0.5, 0.6) is 11.5 Å². The Morgan fingerprint density at radius 1 is 0.951 bits per heavy atom. The summed E-state index contributed by atoms with van der Waals surface area (Å²) in [6.45, 7) is 4.75. The van der Waals surface area contributed by atoms with Gasteiger partial charge in [0.25, 0.3) is 0 Å². The molecule has 6 rings (SSSR count). The zero-order valence-electron chi connectivity index (χ0n) is 23.5. The Balaban J connectivity index is 1.19. The summed E-state index contributed by atoms with van der Waals surface area (Å²) in [6.07, 6.45) is 6.65. The number of benzene rings is 3. The number of carbonyl (C=O) groups is 1. The van der Waals surface area contributed by atoms with Crippen molar-refractivity contribution in [2.24, 2.45) is 10.8 Å². The maximum atomic E-state index is 12.5. The molecule has 8 heteroatoms. The lowest BCUT2D eigenvalue weighted by molar-refractivity contribution is 0.183. The molecule has 1 aromatic heterocycles. The van der Waals surface area contributed by atoms with E-state index in [-0.39, 0.29) is 6.04 Å². The number of urea groups is 1. The number of piperidine rings is 1. The standard InChI is InChI=1S/C33H37N5O3/c1-40-26-15-11-25(12-16-26)30-21-32(38(35-30)33(34)39)29-23-37(31-8-4-3-7-28(29)31)22-24-9-13-27(14-10-24)41-20-19-36-17-5-2-6-18-36/h3-4,7-16,23,32H,2,5-6,17-22H2,1H3,(H2,34,39). The first kappa shape index (κ1) is 26.9. The molecule has 1 fully saturated rings. The van der Waals surface area contributed by atoms with Crippen molar-refractivity contribution in [2.75, 3.05) is 33.4 Å². The highest BCUT2D eigenvalue weighted by Gasteiger charge is 2.34. The fourth-order valence-electron chi connectivity index (χ4n) is 5.95. The molecular weight excluding hydrogens is 514 g/mol. The normalized spacial score (nSPS) is 17.5. The molecular formula is C33H37N5O3. The zero-order chi connectivity index (χ0) is 28.2. The van der Waals surface area contributed by atoms with Gasteiger partial charge in [-0.15, -0.1) is 0 Å². The second-order valence-corrected chi connectivity index (χ2v) is 10.8. The van der Waals surface area contributed by atoms with Crippen molar-refractivity contribution in [3.63, 3.8) is 0 Å². The lowest BCUT2D eigenvalue weighted by atomic mass is 9.98. The Morgan fingerprint density at radius 3 is 2.41 bits per heavy atom. The largest absolute Gasteiger partial charge is 0.497 e. The number of primary amides is 1. The van der Waals surface area contributed by atoms with Crippen LogP contribution in [-0.2, 0) is 6.54 Å². The maximum Gasteiger partial charge on any atom is 0.335 e. The number of ether oxygens (including phenoxy) is 2. The molecule has 0 radical (unpaired) electrons. The van der Waals surface area contributed by atoms with E-state index in [2.05, 4.69) is 57.2 Å². The number of likely N-dealkylation sites (tertiary alicyclic amines) is 1. The highest BCUT2D eigenvalue weighted by molar-refractivity contribution is 6.03. The van der Waals surface area contributed by atoms with E-state index in [1.807, 2.05) is 36.4 Å². The van der Waals surface area contributed by atoms with Gasteiger partial charge in [0.05, 0.1) is 18.9 Å². The van der Waals surface area contributed by atoms with E-state index in [4.69, 9.17) is 15.2 Å². The van der Waals surface area contributed by atoms with Crippen molar-refractivity contribution in [3.05, 3.63) is 95.7 Å². The van der Waals surface area contributed by atoms with Crippen LogP contribution in [0.4, 0.5) is 4.79 Å². The second kappa shape index (κ2) is 12.1. The predicted octanol–water partition coefficient (Wildman–Crippen LogP) is 5.79. The van der Waals surface area contributed by atoms with Gasteiger partial charge in [0.1, 0.15) is 18.1 Å². The second-order valence-electron chi connectivity index (χ2n) is 10.8. The third-order valence-electron chi connectivity index (χ3n) is 8.14. The Hall–Kier alpha value is -4.30. The van der Waals surface area contributed by atoms with E-state index in [1.165, 1.54) is 42.9 Å². The summed E-state index contributed by atoms with van der Waals surface area (Å²) in [5.41, 5.74) is 10.9. The first-order chi connectivity index (χ1) is 20.1. The molecule has 0 bridgehead atoms. The van der Waals surface area contributed by atoms with Gasteiger partial charge in [-0.05, 0) is 79.5 Å². The molecule has 1 unspecified atom stereocenters. The van der Waals surface area contributed by atoms with Crippen molar-refractivity contribution in [2.45, 2.75) is 38.3 Å². The lowest BCUT2D eigenvalue weighted by Crippen LogP contribution is -2.33. The quantitative estimate of drug-likeness (QED) is 0.285. The van der Waals surface area contributed by atoms with Gasteiger partial charge < -0.3 is 19.8 Å². The van der Waals surface area contributed by atoms with Crippen LogP contribution in [0.1, 0.15) is 48.4 Å². The minimum Gasteiger partial charge on any atom is -0.497 e. The van der Waals surface area contributed by atoms with Gasteiger partial charge in [0, 0.05) is 42.2 Å². The van der Waals surface area contributed by atoms with Gasteiger partial charge in [0.2, 0.25) is 0 Å². The summed E-state index contributed by atoms with van der Waals surface area (Å²) in [5, 5.41) is 7.15. The molecule has 3 aromatic carbocycles. The zero-order valence-corrected chi connectivity index (χ0v) is 23.5. The SMILES string of the molecule is COc1ccc(C2=NN(C(N)=O)C(c3cn(Cc4ccc(OCCN5CCCCC5)cc4)c4ccccc34)C2)cc1. The van der Waals surface area contributed by atoms with E-state index >= 15 is 0 Å². The minimum atomic E-state index is -0.564. The van der Waals surface area contributed by atoms with Crippen LogP contribution in [0.3, 0.4) is 0 Å². The van der Waals surface area contributed by atoms with Gasteiger partial charge in [-0.3, -0.25) is 4.90 Å². The average Bonchev–Trinajstić information content (AvgIpc) is 3.61. The predicted molar refractivity (Wildman–Crippen MR) is 162 cm³/mol. The Kier molecular flexibility index (Phi) is 7.91. The third kappa shape index (κ3) is 5.93. The summed E-state index contributed by atoms with van der Waals surface area (Å²) in [4.78, 5) is 15.0. The van der Waals surface area contributed by atoms with Crippen LogP contribution in [-0.4, -0.2) is 59.6 Å². The van der Waals surface area contributed by atoms with Gasteiger partial charge in [-0.1, -0.05) is 36.8 Å². The van der Waals surface area contributed by atoms with Crippen LogP contribution in [0.2, 0.25) is 0 Å². The molecule has 2 amide bonds. The van der Waals surface area contributed by atoms with Crippen molar-refractivity contribution in [3.8, 4) is 11.5 Å². The number of para-hydroxylation sites is 1. The van der Waals surface area contributed by atoms with Crippen LogP contribution < -0.4 is 15.2 Å². The topological polar surface area (TPSA) is 85.3 Å². The van der Waals surface area contributed by atoms with Gasteiger partial charge in [-0.25, -0.2) is 9.80 Å². The number of hydrogen-bond donors (Lipinski definition) is 1. The summed E-state index contributed by atoms with van der Waals surface area (Å²) in [7, 11) is 1.64. The Labute approximate surface area is 240 Å². The summed E-state index contributed by atoms with van der Waals surface area (Å²) < 4.78 is 13.6. The van der Waals surface area contributed by atoms with E-state index in [9.17, 15) is 4.79 Å². The number of carbonyl (C=O) groups excluding carboxylic acids is 1. The molecule has 212 valence electrons. The molecule has 0 aliphatic carbocycles. The van der Waals surface area contributed by atoms with Crippen LogP contribution in [0, 0.1) is 0 Å². The average molecular weight is 552 g/mol. The van der Waals surface area contributed by atoms with Crippen molar-refractivity contribution >= 4 is 22.6 Å². The summed E-state index contributed by atoms with van der Waals surface area (Å²) >= 11 is 0. The highest BCUT2D eigenvalue weighted by atomic mass is 16.5. The monoisotopic (exact) mass is 551 g/mol. The van der Waals surface area contributed by atoms with Gasteiger partial charge >= 0.3 is 6.03 Å². The first-order valence-corrected chi connectivity index (χ1v) is 14.4. The number of amides is 2. The molecule has 2 aliphatic heterocycles. The molecule has 8 nitrogen and oxygen atoms in total. The van der Waals surface area contributed by atoms with Crippen LogP contribution in [0.25, 0.3) is 10.9 Å². The molecule has 0 spiro atoms. The fourth-order valence-corrected chi connectivity index (χ4v) is 5.95. The number of hydrogen-bond acceptors (Lipinski definition) is 5. The van der Waals surface area contributed by atoms with E-state index in [1.54, 1.807) is 7.11 Å². The number of aromatic nitrogens is 1. The number of hydrazone groups is 1. The van der Waals surface area contributed by atoms with Gasteiger partial charge in [-0.2, -0.15) is 5.10 Å². The molecule has 2 N–H and O–H groups in total. The van der Waals surface area contributed by atoms with E-state index in [0.29, 0.717) is 19.6 Å². The molecule has 1 atom stereocenters. The van der Waals surface area contributed by atoms with E-state index in [0.717, 1.165) is 45.8 Å². The van der Waals surface area contributed by atoms with Gasteiger partial charge in [0.15, 0.2) is 0 Å². The molecule has 3 heterocycles. The maximum absolute atomic E-state index is 12.5. The van der Waals surface area contributed by atoms with Crippen molar-refractivity contribution < 1.29 is 14.3 Å². The number of nitrogens with two attached hydrogens (primary N) is 1. The van der Waals surface area contributed by atoms with Crippen LogP contribution in [0.15, 0.2) is 84.1 Å². The highest BCUT2D eigenvalue weighted by Crippen LogP contribution is 2.37. The summed E-state index contributed by atoms with van der Waals surface area (Å²) in [6, 6.07) is 23.5. The lowest BCUT2D eigenvalue weighted by Gasteiger charge is -2.26. The first-order valence-electron chi connectivity index (χ1n) is 14.4. The Bertz CT molecular complexity index is 1520. The van der Waals surface area contributed by atoms with Crippen LogP contribution >= 0.6 is 0 Å². The van der Waals surface area contributed by atoms with Crippen molar-refractivity contribution in [1.82, 2.24) is 14.5 Å². The molecule has 0 saturated carbocycles. The third-order valence-corrected chi connectivity index (χ3v) is 8.14. The molecule has 4 aromatic rings. The number of nitrogens with zero attached hydrogens (tertiary/aromatic N) is 4. The number of methoxy groups -OCH3 is 1. The number of rotatable bonds is 9. The smallest absolute Gasteiger partial charge is 0.335 e. The minimum absolute atomic E-state index is 0.286. The number of fused-ring (bicyclic) bond motifs is 1.